The lowest BCUT2D eigenvalue weighted by molar-refractivity contribution is 0.125. The summed E-state index contributed by atoms with van der Waals surface area (Å²) >= 11 is 0. The number of fused-ring (bicyclic) bond motifs is 1. The fraction of sp³-hybridized carbons (Fsp3) is 0.947. The van der Waals surface area contributed by atoms with Crippen molar-refractivity contribution >= 4 is 13.7 Å². The van der Waals surface area contributed by atoms with Gasteiger partial charge in [-0.2, -0.15) is 0 Å². The zero-order valence-corrected chi connectivity index (χ0v) is 15.7. The van der Waals surface area contributed by atoms with Crippen molar-refractivity contribution in [3.63, 3.8) is 0 Å². The van der Waals surface area contributed by atoms with Gasteiger partial charge < -0.3 is 10.6 Å². The van der Waals surface area contributed by atoms with Crippen molar-refractivity contribution in [3.8, 4) is 0 Å². The van der Waals surface area contributed by atoms with Gasteiger partial charge >= 0.3 is 0 Å². The van der Waals surface area contributed by atoms with Gasteiger partial charge in [0.2, 0.25) is 0 Å². The average molecular weight is 317 g/mol. The molecule has 0 spiro atoms. The van der Waals surface area contributed by atoms with Crippen LogP contribution in [0.25, 0.3) is 0 Å². The van der Waals surface area contributed by atoms with E-state index in [1.807, 2.05) is 0 Å². The van der Waals surface area contributed by atoms with Crippen LogP contribution in [-0.2, 0) is 0 Å². The molecule has 2 radical (unpaired) electrons. The molecule has 0 aromatic heterocycles. The Morgan fingerprint density at radius 3 is 2.48 bits per heavy atom. The van der Waals surface area contributed by atoms with E-state index in [0.29, 0.717) is 24.0 Å². The monoisotopic (exact) mass is 317 g/mol. The zero-order chi connectivity index (χ0) is 17.0. The van der Waals surface area contributed by atoms with Crippen LogP contribution in [0, 0.1) is 5.92 Å². The molecule has 2 fully saturated rings. The molecule has 2 aliphatic rings. The van der Waals surface area contributed by atoms with E-state index in [4.69, 9.17) is 18.6 Å². The highest BCUT2D eigenvalue weighted by molar-refractivity contribution is 6.15. The van der Waals surface area contributed by atoms with Gasteiger partial charge in [0.25, 0.3) is 0 Å². The molecule has 1 saturated carbocycles. The van der Waals surface area contributed by atoms with Gasteiger partial charge in [0.15, 0.2) is 0 Å². The van der Waals surface area contributed by atoms with Crippen molar-refractivity contribution in [1.29, 1.82) is 0 Å². The first-order valence-electron chi connectivity index (χ1n) is 9.73. The van der Waals surface area contributed by atoms with Crippen LogP contribution in [0.1, 0.15) is 85.5 Å². The Morgan fingerprint density at radius 1 is 1.13 bits per heavy atom. The summed E-state index contributed by atoms with van der Waals surface area (Å²) in [6, 6.07) is 1.42. The van der Waals surface area contributed by atoms with Crippen LogP contribution >= 0.6 is 0 Å². The fourth-order valence-corrected chi connectivity index (χ4v) is 4.53. The first-order valence-corrected chi connectivity index (χ1v) is 9.73. The van der Waals surface area contributed by atoms with Crippen molar-refractivity contribution in [2.45, 2.75) is 109 Å². The second kappa shape index (κ2) is 8.05. The molecule has 1 heterocycles. The SMILES string of the molecule is [B]C1(N)CCCCCCC2C(CCC(=NC(C)C)N2C(C)C)C1. The third-order valence-corrected chi connectivity index (χ3v) is 5.44. The predicted molar refractivity (Wildman–Crippen MR) is 101 cm³/mol. The van der Waals surface area contributed by atoms with Crippen molar-refractivity contribution in [2.24, 2.45) is 16.6 Å². The quantitative estimate of drug-likeness (QED) is 0.786. The molecule has 4 heteroatoms. The number of nitrogens with two attached hydrogens (primary N) is 1. The lowest BCUT2D eigenvalue weighted by Gasteiger charge is -2.48. The molecule has 23 heavy (non-hydrogen) atoms. The van der Waals surface area contributed by atoms with Gasteiger partial charge in [0.1, 0.15) is 0 Å². The van der Waals surface area contributed by atoms with Crippen molar-refractivity contribution < 1.29 is 0 Å². The lowest BCUT2D eigenvalue weighted by Crippen LogP contribution is -2.55. The number of amidine groups is 1. The van der Waals surface area contributed by atoms with E-state index in [9.17, 15) is 0 Å². The Morgan fingerprint density at radius 2 is 1.83 bits per heavy atom. The Balaban J connectivity index is 2.25. The Kier molecular flexibility index (Phi) is 6.59. The molecule has 0 aromatic rings. The molecule has 3 atom stereocenters. The van der Waals surface area contributed by atoms with Crippen molar-refractivity contribution in [2.75, 3.05) is 0 Å². The van der Waals surface area contributed by atoms with Crippen LogP contribution in [0.4, 0.5) is 0 Å². The summed E-state index contributed by atoms with van der Waals surface area (Å²) < 4.78 is 0. The molecular weight excluding hydrogens is 281 g/mol. The van der Waals surface area contributed by atoms with Crippen LogP contribution in [0.5, 0.6) is 0 Å². The molecule has 1 saturated heterocycles. The average Bonchev–Trinajstić information content (AvgIpc) is 2.43. The van der Waals surface area contributed by atoms with E-state index >= 15 is 0 Å². The minimum Gasteiger partial charge on any atom is -0.355 e. The molecule has 1 aliphatic carbocycles. The molecule has 0 bridgehead atoms. The number of hydrogen-bond acceptors (Lipinski definition) is 2. The Hall–Kier alpha value is -0.505. The number of rotatable bonds is 2. The van der Waals surface area contributed by atoms with Crippen LogP contribution in [0.2, 0.25) is 0 Å². The van der Waals surface area contributed by atoms with Crippen LogP contribution in [-0.4, -0.2) is 42.1 Å². The second-order valence-electron chi connectivity index (χ2n) is 8.40. The number of piperidine rings is 1. The van der Waals surface area contributed by atoms with Gasteiger partial charge in [-0.15, -0.1) is 0 Å². The van der Waals surface area contributed by atoms with Gasteiger partial charge in [-0.25, -0.2) is 0 Å². The molecule has 2 rings (SSSR count). The highest BCUT2D eigenvalue weighted by atomic mass is 15.2. The number of hydrogen-bond donors (Lipinski definition) is 1. The minimum atomic E-state index is -0.490. The third-order valence-electron chi connectivity index (χ3n) is 5.44. The molecule has 130 valence electrons. The Labute approximate surface area is 144 Å². The molecule has 2 N–H and O–H groups in total. The summed E-state index contributed by atoms with van der Waals surface area (Å²) in [7, 11) is 6.44. The molecular formula is C19H36BN3. The summed E-state index contributed by atoms with van der Waals surface area (Å²) in [4.78, 5) is 7.55. The summed E-state index contributed by atoms with van der Waals surface area (Å²) in [6.45, 7) is 8.95. The number of likely N-dealkylation sites (tertiary alicyclic amines) is 1. The van der Waals surface area contributed by atoms with Crippen molar-refractivity contribution in [3.05, 3.63) is 0 Å². The smallest absolute Gasteiger partial charge is 0.0997 e. The van der Waals surface area contributed by atoms with Gasteiger partial charge in [-0.3, -0.25) is 4.99 Å². The van der Waals surface area contributed by atoms with Crippen molar-refractivity contribution in [1.82, 2.24) is 4.90 Å². The second-order valence-corrected chi connectivity index (χ2v) is 8.40. The van der Waals surface area contributed by atoms with E-state index in [-0.39, 0.29) is 0 Å². The summed E-state index contributed by atoms with van der Waals surface area (Å²) in [5.41, 5.74) is 5.95. The summed E-state index contributed by atoms with van der Waals surface area (Å²) in [5, 5.41) is 0. The fourth-order valence-electron chi connectivity index (χ4n) is 4.53. The number of aliphatic imine (C=N–C) groups is 1. The highest BCUT2D eigenvalue weighted by Crippen LogP contribution is 2.36. The Bertz CT molecular complexity index is 403. The van der Waals surface area contributed by atoms with E-state index < -0.39 is 5.44 Å². The van der Waals surface area contributed by atoms with Gasteiger partial charge in [0.05, 0.1) is 13.7 Å². The predicted octanol–water partition coefficient (Wildman–Crippen LogP) is 3.85. The van der Waals surface area contributed by atoms with Gasteiger partial charge in [-0.1, -0.05) is 25.7 Å². The van der Waals surface area contributed by atoms with Gasteiger partial charge in [-0.05, 0) is 64.7 Å². The first kappa shape index (κ1) is 18.8. The normalized spacial score (nSPS) is 35.6. The third kappa shape index (κ3) is 5.24. The maximum absolute atomic E-state index is 6.44. The summed E-state index contributed by atoms with van der Waals surface area (Å²) in [5.74, 6) is 1.92. The van der Waals surface area contributed by atoms with E-state index in [1.165, 1.54) is 44.4 Å². The van der Waals surface area contributed by atoms with Crippen LogP contribution in [0.3, 0.4) is 0 Å². The van der Waals surface area contributed by atoms with E-state index in [0.717, 1.165) is 19.3 Å². The lowest BCUT2D eigenvalue weighted by atomic mass is 9.65. The summed E-state index contributed by atoms with van der Waals surface area (Å²) in [6.07, 6.45) is 10.5. The zero-order valence-electron chi connectivity index (χ0n) is 15.7. The molecule has 0 aromatic carbocycles. The highest BCUT2D eigenvalue weighted by Gasteiger charge is 2.38. The van der Waals surface area contributed by atoms with Crippen LogP contribution in [0.15, 0.2) is 4.99 Å². The van der Waals surface area contributed by atoms with Gasteiger partial charge in [0, 0.05) is 24.5 Å². The van der Waals surface area contributed by atoms with Crippen LogP contribution < -0.4 is 5.73 Å². The molecule has 3 unspecified atom stereocenters. The molecule has 1 aliphatic heterocycles. The minimum absolute atomic E-state index is 0.366. The largest absolute Gasteiger partial charge is 0.355 e. The number of nitrogens with zero attached hydrogens (tertiary/aromatic N) is 2. The standard InChI is InChI=1S/C19H36BN3/c1-14(2)22-18-11-10-16-13-19(20,21)12-8-6-5-7-9-17(16)23(18)15(3)4/h14-17H,5-13,21H2,1-4H3. The first-order chi connectivity index (χ1) is 10.8. The molecule has 3 nitrogen and oxygen atoms in total. The maximum atomic E-state index is 6.44. The van der Waals surface area contributed by atoms with E-state index in [1.54, 1.807) is 0 Å². The molecule has 0 amide bonds. The topological polar surface area (TPSA) is 41.6 Å². The maximum Gasteiger partial charge on any atom is 0.0997 e. The van der Waals surface area contributed by atoms with E-state index in [2.05, 4.69) is 32.6 Å².